The van der Waals surface area contributed by atoms with E-state index < -0.39 is 0 Å². The molecule has 0 spiro atoms. The van der Waals surface area contributed by atoms with E-state index in [4.69, 9.17) is 0 Å². The highest BCUT2D eigenvalue weighted by Gasteiger charge is 2.12. The van der Waals surface area contributed by atoms with Crippen molar-refractivity contribution in [1.82, 2.24) is 0 Å². The Kier molecular flexibility index (Phi) is 15.3. The first kappa shape index (κ1) is 21.0. The average molecular weight is 324 g/mol. The van der Waals surface area contributed by atoms with Crippen LogP contribution >= 0.6 is 0 Å². The maximum absolute atomic E-state index is 10.3. The van der Waals surface area contributed by atoms with Crippen LogP contribution in [0.4, 0.5) is 0 Å². The van der Waals surface area contributed by atoms with E-state index in [0.717, 1.165) is 18.8 Å². The molecule has 1 heteroatoms. The highest BCUT2D eigenvalue weighted by atomic mass is 16.2. The number of hydrogen-bond acceptors (Lipinski definition) is 0. The summed E-state index contributed by atoms with van der Waals surface area (Å²) in [5.41, 5.74) is 0. The Balaban J connectivity index is 1.67. The van der Waals surface area contributed by atoms with E-state index in [1.807, 2.05) is 0 Å². The van der Waals surface area contributed by atoms with Crippen LogP contribution in [-0.4, -0.2) is 6.61 Å². The highest BCUT2D eigenvalue weighted by Crippen LogP contribution is 2.28. The lowest BCUT2D eigenvalue weighted by atomic mass is 9.85. The summed E-state index contributed by atoms with van der Waals surface area (Å²) < 4.78 is 0. The largest absolute Gasteiger partial charge is 0.237 e. The quantitative estimate of drug-likeness (QED) is 0.258. The Bertz CT molecular complexity index is 220. The predicted octanol–water partition coefficient (Wildman–Crippen LogP) is 7.85. The maximum Gasteiger partial charge on any atom is 0.0822 e. The fraction of sp³-hybridized carbons (Fsp3) is 1.00. The maximum atomic E-state index is 10.3. The summed E-state index contributed by atoms with van der Waals surface area (Å²) in [5, 5.41) is 10.3. The summed E-state index contributed by atoms with van der Waals surface area (Å²) in [5.74, 6) is 1.09. The molecule has 137 valence electrons. The Labute approximate surface area is 146 Å². The molecule has 1 rings (SSSR count). The second-order valence-electron chi connectivity index (χ2n) is 7.95. The van der Waals surface area contributed by atoms with Crippen molar-refractivity contribution in [1.29, 1.82) is 0 Å². The third kappa shape index (κ3) is 14.0. The Morgan fingerprint density at radius 1 is 0.478 bits per heavy atom. The molecule has 0 aromatic carbocycles. The van der Waals surface area contributed by atoms with Crippen molar-refractivity contribution in [2.24, 2.45) is 5.92 Å². The Hall–Kier alpha value is -0.0400. The summed E-state index contributed by atoms with van der Waals surface area (Å²) >= 11 is 0. The van der Waals surface area contributed by atoms with E-state index in [-0.39, 0.29) is 6.61 Å². The van der Waals surface area contributed by atoms with E-state index in [1.165, 1.54) is 116 Å². The van der Waals surface area contributed by atoms with Gasteiger partial charge in [-0.05, 0) is 12.3 Å². The molecule has 1 fully saturated rings. The van der Waals surface area contributed by atoms with Crippen LogP contribution in [0.25, 0.3) is 0 Å². The molecule has 0 atom stereocenters. The normalized spacial score (nSPS) is 16.0. The molecule has 0 N–H and O–H groups in total. The van der Waals surface area contributed by atoms with E-state index in [9.17, 15) is 5.11 Å². The smallest absolute Gasteiger partial charge is 0.0822 e. The van der Waals surface area contributed by atoms with E-state index in [1.54, 1.807) is 0 Å². The van der Waals surface area contributed by atoms with Crippen LogP contribution < -0.4 is 0 Å². The molecular formula is C22H43O. The van der Waals surface area contributed by atoms with Gasteiger partial charge in [-0.1, -0.05) is 122 Å². The third-order valence-electron chi connectivity index (χ3n) is 5.73. The molecule has 0 aliphatic heterocycles. The van der Waals surface area contributed by atoms with Gasteiger partial charge in [0.05, 0.1) is 6.61 Å². The highest BCUT2D eigenvalue weighted by molar-refractivity contribution is 4.65. The molecule has 0 aromatic rings. The zero-order chi connectivity index (χ0) is 16.4. The van der Waals surface area contributed by atoms with Crippen molar-refractivity contribution >= 4 is 0 Å². The van der Waals surface area contributed by atoms with Gasteiger partial charge in [-0.25, -0.2) is 5.11 Å². The van der Waals surface area contributed by atoms with Crippen LogP contribution in [0, 0.1) is 5.92 Å². The molecule has 0 unspecified atom stereocenters. The van der Waals surface area contributed by atoms with Crippen LogP contribution in [0.15, 0.2) is 0 Å². The lowest BCUT2D eigenvalue weighted by molar-refractivity contribution is 0.186. The first-order valence-electron chi connectivity index (χ1n) is 11.0. The molecule has 0 bridgehead atoms. The van der Waals surface area contributed by atoms with Crippen LogP contribution in [-0.2, 0) is 5.11 Å². The number of unbranched alkanes of at least 4 members (excludes halogenated alkanes) is 13. The molecule has 1 aliphatic rings. The van der Waals surface area contributed by atoms with Gasteiger partial charge < -0.3 is 0 Å². The van der Waals surface area contributed by atoms with Crippen LogP contribution in [0.2, 0.25) is 0 Å². The van der Waals surface area contributed by atoms with Crippen molar-refractivity contribution in [2.45, 2.75) is 128 Å². The van der Waals surface area contributed by atoms with Gasteiger partial charge in [0.15, 0.2) is 0 Å². The SMILES string of the molecule is [O]CCCCCCCCCCCCCCCCC1CCCCC1. The van der Waals surface area contributed by atoms with Crippen molar-refractivity contribution < 1.29 is 5.11 Å². The van der Waals surface area contributed by atoms with Gasteiger partial charge in [-0.15, -0.1) is 0 Å². The van der Waals surface area contributed by atoms with Crippen LogP contribution in [0.3, 0.4) is 0 Å². The second kappa shape index (κ2) is 16.8. The predicted molar refractivity (Wildman–Crippen MR) is 101 cm³/mol. The van der Waals surface area contributed by atoms with Crippen molar-refractivity contribution in [2.75, 3.05) is 6.61 Å². The first-order chi connectivity index (χ1) is 11.4. The van der Waals surface area contributed by atoms with Crippen molar-refractivity contribution in [3.63, 3.8) is 0 Å². The summed E-state index contributed by atoms with van der Waals surface area (Å²) in [6, 6.07) is 0. The lowest BCUT2D eigenvalue weighted by Crippen LogP contribution is -2.05. The minimum absolute atomic E-state index is 0.126. The van der Waals surface area contributed by atoms with Gasteiger partial charge >= 0.3 is 0 Å². The topological polar surface area (TPSA) is 19.9 Å². The summed E-state index contributed by atoms with van der Waals surface area (Å²) in [7, 11) is 0. The van der Waals surface area contributed by atoms with Crippen molar-refractivity contribution in [3.8, 4) is 0 Å². The van der Waals surface area contributed by atoms with E-state index in [0.29, 0.717) is 0 Å². The van der Waals surface area contributed by atoms with E-state index in [2.05, 4.69) is 0 Å². The van der Waals surface area contributed by atoms with Gasteiger partial charge in [0.25, 0.3) is 0 Å². The van der Waals surface area contributed by atoms with Gasteiger partial charge in [-0.2, -0.15) is 0 Å². The van der Waals surface area contributed by atoms with Crippen LogP contribution in [0.1, 0.15) is 128 Å². The van der Waals surface area contributed by atoms with Gasteiger partial charge in [0, 0.05) is 0 Å². The summed E-state index contributed by atoms with van der Waals surface area (Å²) in [4.78, 5) is 0. The second-order valence-corrected chi connectivity index (χ2v) is 7.95. The molecule has 1 saturated carbocycles. The lowest BCUT2D eigenvalue weighted by Gasteiger charge is -2.21. The first-order valence-corrected chi connectivity index (χ1v) is 11.0. The van der Waals surface area contributed by atoms with Crippen LogP contribution in [0.5, 0.6) is 0 Å². The molecule has 1 radical (unpaired) electrons. The number of rotatable bonds is 16. The monoisotopic (exact) mass is 323 g/mol. The molecule has 1 nitrogen and oxygen atoms in total. The molecule has 0 amide bonds. The van der Waals surface area contributed by atoms with Gasteiger partial charge in [0.2, 0.25) is 0 Å². The molecule has 0 aromatic heterocycles. The molecule has 0 saturated heterocycles. The fourth-order valence-corrected chi connectivity index (χ4v) is 4.13. The van der Waals surface area contributed by atoms with Crippen molar-refractivity contribution in [3.05, 3.63) is 0 Å². The number of hydrogen-bond donors (Lipinski definition) is 0. The molecular weight excluding hydrogens is 280 g/mol. The van der Waals surface area contributed by atoms with Gasteiger partial charge in [0.1, 0.15) is 0 Å². The standard InChI is InChI=1S/C22H43O/c23-21-17-12-10-8-6-4-2-1-3-5-7-9-11-14-18-22-19-15-13-16-20-22/h22H,1-21H2. The Morgan fingerprint density at radius 3 is 1.30 bits per heavy atom. The van der Waals surface area contributed by atoms with E-state index >= 15 is 0 Å². The summed E-state index contributed by atoms with van der Waals surface area (Å²) in [6.45, 7) is 0.126. The zero-order valence-corrected chi connectivity index (χ0v) is 15.8. The Morgan fingerprint density at radius 2 is 0.870 bits per heavy atom. The summed E-state index contributed by atoms with van der Waals surface area (Å²) in [6.07, 6.45) is 28.3. The minimum Gasteiger partial charge on any atom is -0.237 e. The average Bonchev–Trinajstić information content (AvgIpc) is 2.59. The minimum atomic E-state index is 0.126. The molecule has 23 heavy (non-hydrogen) atoms. The van der Waals surface area contributed by atoms with Gasteiger partial charge in [-0.3, -0.25) is 0 Å². The third-order valence-corrected chi connectivity index (χ3v) is 5.73. The molecule has 1 aliphatic carbocycles. The zero-order valence-electron chi connectivity index (χ0n) is 15.8. The fourth-order valence-electron chi connectivity index (χ4n) is 4.13. The molecule has 0 heterocycles.